The standard InChI is InChI=1S/C21H31N3O4S2/c1-4-28-21(25)19-15(2)23-16(3)20(19)30(26,27)22-14-17-7-10-24(11-8-17)12-9-18-6-5-13-29-18/h5-6,13,17,22-23H,4,7-12,14H2,1-3H3. The molecule has 9 heteroatoms. The largest absolute Gasteiger partial charge is 0.462 e. The number of piperidine rings is 1. The van der Waals surface area contributed by atoms with E-state index >= 15 is 0 Å². The van der Waals surface area contributed by atoms with E-state index in [1.165, 1.54) is 4.88 Å². The molecule has 0 radical (unpaired) electrons. The molecule has 0 saturated carbocycles. The number of rotatable bonds is 9. The predicted octanol–water partition coefficient (Wildman–Crippen LogP) is 3.10. The smallest absolute Gasteiger partial charge is 0.341 e. The van der Waals surface area contributed by atoms with Crippen molar-refractivity contribution in [3.05, 3.63) is 39.3 Å². The summed E-state index contributed by atoms with van der Waals surface area (Å²) in [7, 11) is -3.81. The van der Waals surface area contributed by atoms with Crippen molar-refractivity contribution in [1.29, 1.82) is 0 Å². The van der Waals surface area contributed by atoms with Crippen LogP contribution in [-0.2, 0) is 21.2 Å². The molecule has 0 unspecified atom stereocenters. The average molecular weight is 454 g/mol. The number of aromatic nitrogens is 1. The number of nitrogens with one attached hydrogen (secondary N) is 2. The van der Waals surface area contributed by atoms with Crippen LogP contribution >= 0.6 is 11.3 Å². The van der Waals surface area contributed by atoms with E-state index in [0.717, 1.165) is 38.9 Å². The van der Waals surface area contributed by atoms with E-state index in [1.54, 1.807) is 32.1 Å². The molecule has 0 aromatic carbocycles. The quantitative estimate of drug-likeness (QED) is 0.569. The molecule has 1 aliphatic heterocycles. The first-order chi connectivity index (χ1) is 14.3. The van der Waals surface area contributed by atoms with Gasteiger partial charge in [-0.25, -0.2) is 17.9 Å². The third kappa shape index (κ3) is 5.51. The Kier molecular flexibility index (Phi) is 7.73. The Morgan fingerprint density at radius 1 is 1.30 bits per heavy atom. The van der Waals surface area contributed by atoms with Gasteiger partial charge in [0.2, 0.25) is 10.0 Å². The van der Waals surface area contributed by atoms with Crippen molar-refractivity contribution in [3.63, 3.8) is 0 Å². The Bertz CT molecular complexity index is 943. The van der Waals surface area contributed by atoms with Crippen LogP contribution < -0.4 is 4.72 Å². The lowest BCUT2D eigenvalue weighted by atomic mass is 9.97. The first-order valence-corrected chi connectivity index (χ1v) is 12.8. The van der Waals surface area contributed by atoms with E-state index < -0.39 is 16.0 Å². The SMILES string of the molecule is CCOC(=O)c1c(C)[nH]c(C)c1S(=O)(=O)NCC1CCN(CCc2cccs2)CC1. The van der Waals surface area contributed by atoms with Crippen LogP contribution in [0.25, 0.3) is 0 Å². The van der Waals surface area contributed by atoms with Crippen LogP contribution in [0.3, 0.4) is 0 Å². The van der Waals surface area contributed by atoms with E-state index in [2.05, 4.69) is 32.1 Å². The highest BCUT2D eigenvalue weighted by Gasteiger charge is 2.30. The maximum atomic E-state index is 13.0. The van der Waals surface area contributed by atoms with Crippen LogP contribution in [0.5, 0.6) is 0 Å². The van der Waals surface area contributed by atoms with E-state index in [9.17, 15) is 13.2 Å². The van der Waals surface area contributed by atoms with Gasteiger partial charge in [-0.05, 0) is 70.5 Å². The average Bonchev–Trinajstić information content (AvgIpc) is 3.33. The number of H-pyrrole nitrogens is 1. The fourth-order valence-corrected chi connectivity index (χ4v) is 6.24. The third-order valence-electron chi connectivity index (χ3n) is 5.59. The number of ether oxygens (including phenoxy) is 1. The number of nitrogens with zero attached hydrogens (tertiary/aromatic N) is 1. The van der Waals surface area contributed by atoms with Gasteiger partial charge in [-0.2, -0.15) is 0 Å². The summed E-state index contributed by atoms with van der Waals surface area (Å²) in [5.74, 6) is -0.317. The molecule has 1 aliphatic rings. The Morgan fingerprint density at radius 3 is 2.67 bits per heavy atom. The number of esters is 1. The van der Waals surface area contributed by atoms with Gasteiger partial charge in [-0.1, -0.05) is 6.07 Å². The molecule has 30 heavy (non-hydrogen) atoms. The number of hydrogen-bond acceptors (Lipinski definition) is 6. The summed E-state index contributed by atoms with van der Waals surface area (Å²) in [6.07, 6.45) is 2.99. The third-order valence-corrected chi connectivity index (χ3v) is 8.12. The van der Waals surface area contributed by atoms with Gasteiger partial charge in [0, 0.05) is 29.4 Å². The van der Waals surface area contributed by atoms with Crippen LogP contribution in [0.15, 0.2) is 22.4 Å². The van der Waals surface area contributed by atoms with Gasteiger partial charge < -0.3 is 14.6 Å². The molecule has 7 nitrogen and oxygen atoms in total. The second kappa shape index (κ2) is 10.1. The molecule has 2 N–H and O–H groups in total. The van der Waals surface area contributed by atoms with Crippen LogP contribution in [-0.4, -0.2) is 57.1 Å². The van der Waals surface area contributed by atoms with Gasteiger partial charge >= 0.3 is 5.97 Å². The summed E-state index contributed by atoms with van der Waals surface area (Å²) in [5.41, 5.74) is 1.06. The molecule has 2 aromatic rings. The number of sulfonamides is 1. The normalized spacial score (nSPS) is 16.1. The van der Waals surface area contributed by atoms with Gasteiger partial charge in [-0.3, -0.25) is 0 Å². The zero-order valence-corrected chi connectivity index (χ0v) is 19.5. The van der Waals surface area contributed by atoms with Gasteiger partial charge in [0.25, 0.3) is 0 Å². The molecular weight excluding hydrogens is 422 g/mol. The predicted molar refractivity (Wildman–Crippen MR) is 119 cm³/mol. The summed E-state index contributed by atoms with van der Waals surface area (Å²) >= 11 is 1.79. The molecule has 0 aliphatic carbocycles. The number of carbonyl (C=O) groups excluding carboxylic acids is 1. The van der Waals surface area contributed by atoms with Crippen LogP contribution in [0.2, 0.25) is 0 Å². The van der Waals surface area contributed by atoms with E-state index in [1.807, 2.05) is 0 Å². The molecule has 1 fully saturated rings. The van der Waals surface area contributed by atoms with Crippen LogP contribution in [0.1, 0.15) is 46.4 Å². The minimum absolute atomic E-state index is 0.00633. The second-order valence-corrected chi connectivity index (χ2v) is 10.5. The number of likely N-dealkylation sites (tertiary alicyclic amines) is 1. The van der Waals surface area contributed by atoms with Crippen molar-refractivity contribution in [2.24, 2.45) is 5.92 Å². The lowest BCUT2D eigenvalue weighted by Crippen LogP contribution is -2.39. The maximum Gasteiger partial charge on any atom is 0.341 e. The van der Waals surface area contributed by atoms with Crippen molar-refractivity contribution in [2.45, 2.75) is 44.9 Å². The Hall–Kier alpha value is -1.68. The van der Waals surface area contributed by atoms with Crippen molar-refractivity contribution in [1.82, 2.24) is 14.6 Å². The molecule has 3 heterocycles. The topological polar surface area (TPSA) is 91.5 Å². The summed E-state index contributed by atoms with van der Waals surface area (Å²) < 4.78 is 33.8. The summed E-state index contributed by atoms with van der Waals surface area (Å²) in [6, 6.07) is 4.25. The minimum atomic E-state index is -3.81. The zero-order chi connectivity index (χ0) is 21.7. The van der Waals surface area contributed by atoms with E-state index in [-0.39, 0.29) is 17.1 Å². The minimum Gasteiger partial charge on any atom is -0.462 e. The molecule has 2 aromatic heterocycles. The number of aryl methyl sites for hydroxylation is 2. The molecule has 166 valence electrons. The molecule has 0 bridgehead atoms. The lowest BCUT2D eigenvalue weighted by molar-refractivity contribution is 0.0521. The fraction of sp³-hybridized carbons (Fsp3) is 0.571. The van der Waals surface area contributed by atoms with E-state index in [4.69, 9.17) is 4.74 Å². The lowest BCUT2D eigenvalue weighted by Gasteiger charge is -2.31. The maximum absolute atomic E-state index is 13.0. The molecule has 3 rings (SSSR count). The van der Waals surface area contributed by atoms with Gasteiger partial charge in [0.05, 0.1) is 6.61 Å². The van der Waals surface area contributed by atoms with Gasteiger partial charge in [0.1, 0.15) is 10.5 Å². The molecule has 0 atom stereocenters. The zero-order valence-electron chi connectivity index (χ0n) is 17.9. The number of hydrogen-bond donors (Lipinski definition) is 2. The van der Waals surface area contributed by atoms with Crippen molar-refractivity contribution < 1.29 is 17.9 Å². The summed E-state index contributed by atoms with van der Waals surface area (Å²) in [4.78, 5) is 19.1. The highest BCUT2D eigenvalue weighted by atomic mass is 32.2. The van der Waals surface area contributed by atoms with Crippen molar-refractivity contribution >= 4 is 27.3 Å². The van der Waals surface area contributed by atoms with Gasteiger partial charge in [-0.15, -0.1) is 11.3 Å². The van der Waals surface area contributed by atoms with E-state index in [0.29, 0.717) is 23.9 Å². The molecule has 1 saturated heterocycles. The molecule has 0 spiro atoms. The number of thiophene rings is 1. The number of carbonyl (C=O) groups is 1. The van der Waals surface area contributed by atoms with Crippen LogP contribution in [0, 0.1) is 19.8 Å². The van der Waals surface area contributed by atoms with Crippen molar-refractivity contribution in [3.8, 4) is 0 Å². The fourth-order valence-electron chi connectivity index (χ4n) is 3.98. The molecule has 0 amide bonds. The Balaban J connectivity index is 1.55. The first-order valence-electron chi connectivity index (χ1n) is 10.4. The van der Waals surface area contributed by atoms with Crippen LogP contribution in [0.4, 0.5) is 0 Å². The first kappa shape index (κ1) is 23.0. The van der Waals surface area contributed by atoms with Gasteiger partial charge in [0.15, 0.2) is 0 Å². The highest BCUT2D eigenvalue weighted by molar-refractivity contribution is 7.89. The number of aromatic amines is 1. The Morgan fingerprint density at radius 2 is 2.03 bits per heavy atom. The monoisotopic (exact) mass is 453 g/mol. The summed E-state index contributed by atoms with van der Waals surface area (Å²) in [5, 5.41) is 2.11. The molecular formula is C21H31N3O4S2. The Labute approximate surface area is 182 Å². The second-order valence-electron chi connectivity index (χ2n) is 7.77. The van der Waals surface area contributed by atoms with Crippen molar-refractivity contribution in [2.75, 3.05) is 32.8 Å². The summed E-state index contributed by atoms with van der Waals surface area (Å²) in [6.45, 7) is 8.63. The highest BCUT2D eigenvalue weighted by Crippen LogP contribution is 2.25.